The maximum absolute atomic E-state index is 4.32. The number of anilines is 2. The van der Waals surface area contributed by atoms with Gasteiger partial charge in [-0.25, -0.2) is 9.97 Å². The van der Waals surface area contributed by atoms with Crippen molar-refractivity contribution in [2.24, 2.45) is 7.05 Å². The molecule has 3 aromatic rings. The number of aromatic nitrogens is 4. The van der Waals surface area contributed by atoms with Gasteiger partial charge in [-0.2, -0.15) is 5.10 Å². The van der Waals surface area contributed by atoms with Gasteiger partial charge < -0.3 is 5.32 Å². The van der Waals surface area contributed by atoms with Gasteiger partial charge >= 0.3 is 0 Å². The molecular weight excluding hydrogens is 250 g/mol. The number of aryl methyl sites for hydroxylation is 2. The fourth-order valence-electron chi connectivity index (χ4n) is 2.00. The zero-order valence-electron chi connectivity index (χ0n) is 11.4. The van der Waals surface area contributed by atoms with Crippen molar-refractivity contribution < 1.29 is 0 Å². The topological polar surface area (TPSA) is 55.6 Å². The van der Waals surface area contributed by atoms with E-state index in [0.717, 1.165) is 22.9 Å². The van der Waals surface area contributed by atoms with Crippen LogP contribution in [0.15, 0.2) is 48.9 Å². The summed E-state index contributed by atoms with van der Waals surface area (Å²) in [5, 5.41) is 7.43. The molecule has 0 fully saturated rings. The van der Waals surface area contributed by atoms with E-state index in [1.807, 2.05) is 37.5 Å². The molecule has 0 unspecified atom stereocenters. The monoisotopic (exact) mass is 265 g/mol. The lowest BCUT2D eigenvalue weighted by Crippen LogP contribution is -1.97. The summed E-state index contributed by atoms with van der Waals surface area (Å²) in [4.78, 5) is 8.54. The van der Waals surface area contributed by atoms with Crippen LogP contribution in [0.1, 0.15) is 5.56 Å². The molecular formula is C15H15N5. The first-order valence-corrected chi connectivity index (χ1v) is 6.36. The first-order chi connectivity index (χ1) is 9.70. The average Bonchev–Trinajstić information content (AvgIpc) is 2.84. The first-order valence-electron chi connectivity index (χ1n) is 6.36. The highest BCUT2D eigenvalue weighted by atomic mass is 15.3. The Labute approximate surface area is 117 Å². The molecule has 0 radical (unpaired) electrons. The third-order valence-corrected chi connectivity index (χ3v) is 2.95. The standard InChI is InChI=1S/C15H15N5/c1-11-4-3-5-12(8-11)13-9-15(17-10-16-13)18-14-6-7-20(2)19-14/h3-10H,1-2H3,(H,16,17,18,19). The van der Waals surface area contributed by atoms with Crippen LogP contribution in [0.5, 0.6) is 0 Å². The second-order valence-electron chi connectivity index (χ2n) is 4.66. The normalized spacial score (nSPS) is 10.5. The molecule has 5 nitrogen and oxygen atoms in total. The summed E-state index contributed by atoms with van der Waals surface area (Å²) < 4.78 is 1.74. The summed E-state index contributed by atoms with van der Waals surface area (Å²) in [6.45, 7) is 2.07. The summed E-state index contributed by atoms with van der Waals surface area (Å²) in [7, 11) is 1.88. The Hall–Kier alpha value is -2.69. The number of nitrogens with zero attached hydrogens (tertiary/aromatic N) is 4. The van der Waals surface area contributed by atoms with Crippen molar-refractivity contribution in [3.63, 3.8) is 0 Å². The fraction of sp³-hybridized carbons (Fsp3) is 0.133. The Morgan fingerprint density at radius 3 is 2.70 bits per heavy atom. The van der Waals surface area contributed by atoms with Gasteiger partial charge in [0.1, 0.15) is 12.1 Å². The van der Waals surface area contributed by atoms with Gasteiger partial charge in [-0.3, -0.25) is 4.68 Å². The van der Waals surface area contributed by atoms with E-state index in [1.54, 1.807) is 11.0 Å². The van der Waals surface area contributed by atoms with Gasteiger partial charge in [-0.1, -0.05) is 23.8 Å². The van der Waals surface area contributed by atoms with Crippen LogP contribution in [0.25, 0.3) is 11.3 Å². The summed E-state index contributed by atoms with van der Waals surface area (Å²) >= 11 is 0. The summed E-state index contributed by atoms with van der Waals surface area (Å²) in [6.07, 6.45) is 3.44. The van der Waals surface area contributed by atoms with Crippen molar-refractivity contribution in [2.75, 3.05) is 5.32 Å². The highest BCUT2D eigenvalue weighted by molar-refractivity contribution is 5.64. The van der Waals surface area contributed by atoms with Crippen molar-refractivity contribution in [3.8, 4) is 11.3 Å². The molecule has 1 aromatic carbocycles. The maximum Gasteiger partial charge on any atom is 0.153 e. The molecule has 0 saturated carbocycles. The summed E-state index contributed by atoms with van der Waals surface area (Å²) in [5.41, 5.74) is 3.18. The average molecular weight is 265 g/mol. The lowest BCUT2D eigenvalue weighted by molar-refractivity contribution is 0.771. The fourth-order valence-corrected chi connectivity index (χ4v) is 2.00. The molecule has 0 aliphatic heterocycles. The van der Waals surface area contributed by atoms with Crippen LogP contribution in [0.2, 0.25) is 0 Å². The predicted octanol–water partition coefficient (Wildman–Crippen LogP) is 2.93. The van der Waals surface area contributed by atoms with E-state index in [-0.39, 0.29) is 0 Å². The van der Waals surface area contributed by atoms with Gasteiger partial charge in [-0.15, -0.1) is 0 Å². The Bertz CT molecular complexity index is 732. The SMILES string of the molecule is Cc1cccc(-c2cc(Nc3ccn(C)n3)ncn2)c1. The molecule has 0 spiro atoms. The highest BCUT2D eigenvalue weighted by Crippen LogP contribution is 2.21. The molecule has 2 heterocycles. The third kappa shape index (κ3) is 2.66. The van der Waals surface area contributed by atoms with Crippen molar-refractivity contribution in [2.45, 2.75) is 6.92 Å². The smallest absolute Gasteiger partial charge is 0.153 e. The lowest BCUT2D eigenvalue weighted by Gasteiger charge is -2.05. The largest absolute Gasteiger partial charge is 0.323 e. The molecule has 20 heavy (non-hydrogen) atoms. The van der Waals surface area contributed by atoms with Crippen LogP contribution >= 0.6 is 0 Å². The summed E-state index contributed by atoms with van der Waals surface area (Å²) in [6, 6.07) is 12.1. The Morgan fingerprint density at radius 1 is 1.05 bits per heavy atom. The minimum atomic E-state index is 0.732. The van der Waals surface area contributed by atoms with Gasteiger partial charge in [0.25, 0.3) is 0 Å². The van der Waals surface area contributed by atoms with Gasteiger partial charge in [0.05, 0.1) is 5.69 Å². The van der Waals surface area contributed by atoms with E-state index in [9.17, 15) is 0 Å². The molecule has 2 aromatic heterocycles. The molecule has 0 amide bonds. The molecule has 100 valence electrons. The molecule has 0 aliphatic rings. The number of nitrogens with one attached hydrogen (secondary N) is 1. The van der Waals surface area contributed by atoms with E-state index in [0.29, 0.717) is 0 Å². The number of rotatable bonds is 3. The maximum atomic E-state index is 4.32. The lowest BCUT2D eigenvalue weighted by atomic mass is 10.1. The number of benzene rings is 1. The Balaban J connectivity index is 1.89. The molecule has 1 N–H and O–H groups in total. The van der Waals surface area contributed by atoms with Crippen LogP contribution in [0.3, 0.4) is 0 Å². The molecule has 0 bridgehead atoms. The molecule has 0 aliphatic carbocycles. The van der Waals surface area contributed by atoms with Gasteiger partial charge in [0, 0.05) is 30.9 Å². The quantitative estimate of drug-likeness (QED) is 0.791. The van der Waals surface area contributed by atoms with E-state index < -0.39 is 0 Å². The number of hydrogen-bond acceptors (Lipinski definition) is 4. The minimum absolute atomic E-state index is 0.732. The molecule has 5 heteroatoms. The number of hydrogen-bond donors (Lipinski definition) is 1. The third-order valence-electron chi connectivity index (χ3n) is 2.95. The first kappa shape index (κ1) is 12.3. The van der Waals surface area contributed by atoms with Crippen molar-refractivity contribution in [1.82, 2.24) is 19.7 Å². The summed E-state index contributed by atoms with van der Waals surface area (Å²) in [5.74, 6) is 1.50. The predicted molar refractivity (Wildman–Crippen MR) is 78.7 cm³/mol. The zero-order chi connectivity index (χ0) is 13.9. The molecule has 0 saturated heterocycles. The van der Waals surface area contributed by atoms with Crippen LogP contribution in [0.4, 0.5) is 11.6 Å². The van der Waals surface area contributed by atoms with Gasteiger partial charge in [0.15, 0.2) is 5.82 Å². The Kier molecular flexibility index (Phi) is 3.16. The van der Waals surface area contributed by atoms with Crippen molar-refractivity contribution >= 4 is 11.6 Å². The van der Waals surface area contributed by atoms with Crippen molar-refractivity contribution in [3.05, 3.63) is 54.5 Å². The van der Waals surface area contributed by atoms with Crippen molar-refractivity contribution in [1.29, 1.82) is 0 Å². The second-order valence-corrected chi connectivity index (χ2v) is 4.66. The van der Waals surface area contributed by atoms with Gasteiger partial charge in [0.2, 0.25) is 0 Å². The van der Waals surface area contributed by atoms with Gasteiger partial charge in [-0.05, 0) is 13.0 Å². The minimum Gasteiger partial charge on any atom is -0.323 e. The van der Waals surface area contributed by atoms with Crippen LogP contribution in [-0.4, -0.2) is 19.7 Å². The van der Waals surface area contributed by atoms with E-state index >= 15 is 0 Å². The zero-order valence-corrected chi connectivity index (χ0v) is 11.4. The van der Waals surface area contributed by atoms with Crippen LogP contribution in [0, 0.1) is 6.92 Å². The Morgan fingerprint density at radius 2 is 1.95 bits per heavy atom. The van der Waals surface area contributed by atoms with Crippen LogP contribution in [-0.2, 0) is 7.05 Å². The molecule has 3 rings (SSSR count). The van der Waals surface area contributed by atoms with E-state index in [4.69, 9.17) is 0 Å². The second kappa shape index (κ2) is 5.13. The highest BCUT2D eigenvalue weighted by Gasteiger charge is 2.04. The van der Waals surface area contributed by atoms with Crippen LogP contribution < -0.4 is 5.32 Å². The van der Waals surface area contributed by atoms with E-state index in [1.165, 1.54) is 5.56 Å². The van der Waals surface area contributed by atoms with E-state index in [2.05, 4.69) is 39.4 Å². The molecule has 0 atom stereocenters.